The van der Waals surface area contributed by atoms with E-state index in [1.807, 2.05) is 9.80 Å². The predicted octanol–water partition coefficient (Wildman–Crippen LogP) is 1.14. The van der Waals surface area contributed by atoms with Gasteiger partial charge in [0.2, 0.25) is 11.8 Å². The first kappa shape index (κ1) is 16.0. The second kappa shape index (κ2) is 7.59. The average Bonchev–Trinajstić information content (AvgIpc) is 2.92. The summed E-state index contributed by atoms with van der Waals surface area (Å²) in [7, 11) is 0. The van der Waals surface area contributed by atoms with Crippen LogP contribution in [0, 0.1) is 5.92 Å². The summed E-state index contributed by atoms with van der Waals surface area (Å²) < 4.78 is 0. The molecule has 5 heteroatoms. The van der Waals surface area contributed by atoms with Crippen molar-refractivity contribution in [1.29, 1.82) is 0 Å². The van der Waals surface area contributed by atoms with Crippen molar-refractivity contribution in [3.63, 3.8) is 0 Å². The first-order valence-corrected chi connectivity index (χ1v) is 8.09. The summed E-state index contributed by atoms with van der Waals surface area (Å²) in [6.45, 7) is 4.71. The molecular weight excluding hydrogens is 266 g/mol. The van der Waals surface area contributed by atoms with Crippen LogP contribution in [0.15, 0.2) is 12.2 Å². The van der Waals surface area contributed by atoms with Crippen LogP contribution in [-0.4, -0.2) is 53.8 Å². The van der Waals surface area contributed by atoms with E-state index in [4.69, 9.17) is 5.73 Å². The van der Waals surface area contributed by atoms with Crippen molar-refractivity contribution in [3.8, 4) is 0 Å². The highest BCUT2D eigenvalue weighted by Crippen LogP contribution is 2.23. The minimum atomic E-state index is -0.313. The molecule has 0 bridgehead atoms. The number of hydrogen-bond acceptors (Lipinski definition) is 3. The highest BCUT2D eigenvalue weighted by atomic mass is 16.2. The Kier molecular flexibility index (Phi) is 5.79. The molecule has 0 aromatic carbocycles. The summed E-state index contributed by atoms with van der Waals surface area (Å²) in [4.78, 5) is 27.8. The van der Waals surface area contributed by atoms with E-state index in [-0.39, 0.29) is 30.3 Å². The molecule has 2 unspecified atom stereocenters. The Morgan fingerprint density at radius 2 is 2.19 bits per heavy atom. The zero-order chi connectivity index (χ0) is 15.2. The monoisotopic (exact) mass is 293 g/mol. The van der Waals surface area contributed by atoms with E-state index >= 15 is 0 Å². The molecule has 2 atom stereocenters. The van der Waals surface area contributed by atoms with Gasteiger partial charge in [0, 0.05) is 13.1 Å². The van der Waals surface area contributed by atoms with Crippen LogP contribution in [-0.2, 0) is 9.59 Å². The third-order valence-corrected chi connectivity index (χ3v) is 4.43. The van der Waals surface area contributed by atoms with Crippen LogP contribution in [0.4, 0.5) is 0 Å². The number of rotatable bonds is 6. The minimum absolute atomic E-state index is 0.0159. The van der Waals surface area contributed by atoms with Gasteiger partial charge in [-0.2, -0.15) is 0 Å². The fourth-order valence-electron chi connectivity index (χ4n) is 3.35. The van der Waals surface area contributed by atoms with E-state index in [0.29, 0.717) is 6.54 Å². The third-order valence-electron chi connectivity index (χ3n) is 4.43. The molecule has 21 heavy (non-hydrogen) atoms. The predicted molar refractivity (Wildman–Crippen MR) is 82.5 cm³/mol. The second-order valence-electron chi connectivity index (χ2n) is 6.17. The number of carbonyl (C=O) groups excluding carboxylic acids is 2. The van der Waals surface area contributed by atoms with Crippen molar-refractivity contribution < 1.29 is 9.59 Å². The lowest BCUT2D eigenvalue weighted by atomic mass is 9.95. The lowest BCUT2D eigenvalue weighted by Crippen LogP contribution is -2.48. The van der Waals surface area contributed by atoms with Gasteiger partial charge < -0.3 is 10.6 Å². The summed E-state index contributed by atoms with van der Waals surface area (Å²) in [5.74, 6) is -0.0517. The summed E-state index contributed by atoms with van der Waals surface area (Å²) in [5.41, 5.74) is 5.26. The average molecular weight is 293 g/mol. The lowest BCUT2D eigenvalue weighted by molar-refractivity contribution is -0.138. The van der Waals surface area contributed by atoms with Gasteiger partial charge in [0.25, 0.3) is 0 Å². The van der Waals surface area contributed by atoms with Gasteiger partial charge in [0.15, 0.2) is 0 Å². The SMILES string of the molecule is CCCCC1C=CCN1C(=O)C1CCCN(CC(N)=O)C1. The molecule has 0 radical (unpaired) electrons. The molecule has 1 saturated heterocycles. The molecule has 2 aliphatic rings. The van der Waals surface area contributed by atoms with Crippen molar-refractivity contribution in [1.82, 2.24) is 9.80 Å². The van der Waals surface area contributed by atoms with Gasteiger partial charge in [-0.05, 0) is 25.8 Å². The van der Waals surface area contributed by atoms with Gasteiger partial charge in [0.05, 0.1) is 18.5 Å². The molecule has 5 nitrogen and oxygen atoms in total. The number of likely N-dealkylation sites (tertiary alicyclic amines) is 1. The van der Waals surface area contributed by atoms with Crippen LogP contribution >= 0.6 is 0 Å². The van der Waals surface area contributed by atoms with Crippen molar-refractivity contribution in [3.05, 3.63) is 12.2 Å². The van der Waals surface area contributed by atoms with Gasteiger partial charge in [-0.15, -0.1) is 0 Å². The van der Waals surface area contributed by atoms with Crippen LogP contribution in [0.25, 0.3) is 0 Å². The Morgan fingerprint density at radius 3 is 2.90 bits per heavy atom. The number of amides is 2. The quantitative estimate of drug-likeness (QED) is 0.747. The normalized spacial score (nSPS) is 26.2. The van der Waals surface area contributed by atoms with Crippen LogP contribution in [0.2, 0.25) is 0 Å². The molecule has 2 N–H and O–H groups in total. The molecule has 2 rings (SSSR count). The van der Waals surface area contributed by atoms with Gasteiger partial charge in [-0.25, -0.2) is 0 Å². The molecular formula is C16H27N3O2. The molecule has 118 valence electrons. The number of piperidine rings is 1. The van der Waals surface area contributed by atoms with Gasteiger partial charge in [-0.3, -0.25) is 14.5 Å². The zero-order valence-corrected chi connectivity index (χ0v) is 13.0. The maximum absolute atomic E-state index is 12.7. The van der Waals surface area contributed by atoms with E-state index in [2.05, 4.69) is 19.1 Å². The third kappa shape index (κ3) is 4.30. The second-order valence-corrected chi connectivity index (χ2v) is 6.17. The maximum atomic E-state index is 12.7. The number of carbonyl (C=O) groups is 2. The summed E-state index contributed by atoms with van der Waals surface area (Å²) in [5, 5.41) is 0. The van der Waals surface area contributed by atoms with Crippen molar-refractivity contribution in [2.45, 2.75) is 45.1 Å². The molecule has 2 aliphatic heterocycles. The van der Waals surface area contributed by atoms with E-state index in [9.17, 15) is 9.59 Å². The molecule has 0 spiro atoms. The Labute approximate surface area is 127 Å². The fraction of sp³-hybridized carbons (Fsp3) is 0.750. The maximum Gasteiger partial charge on any atom is 0.231 e. The van der Waals surface area contributed by atoms with Gasteiger partial charge in [-0.1, -0.05) is 31.9 Å². The van der Waals surface area contributed by atoms with E-state index < -0.39 is 0 Å². The zero-order valence-electron chi connectivity index (χ0n) is 13.0. The van der Waals surface area contributed by atoms with Crippen LogP contribution < -0.4 is 5.73 Å². The topological polar surface area (TPSA) is 66.6 Å². The Morgan fingerprint density at radius 1 is 1.38 bits per heavy atom. The van der Waals surface area contributed by atoms with E-state index in [1.165, 1.54) is 0 Å². The van der Waals surface area contributed by atoms with Gasteiger partial charge >= 0.3 is 0 Å². The molecule has 1 fully saturated rings. The number of nitrogens with two attached hydrogens (primary N) is 1. The highest BCUT2D eigenvalue weighted by Gasteiger charge is 2.33. The van der Waals surface area contributed by atoms with E-state index in [1.54, 1.807) is 0 Å². The largest absolute Gasteiger partial charge is 0.369 e. The molecule has 2 amide bonds. The first-order chi connectivity index (χ1) is 10.1. The van der Waals surface area contributed by atoms with Crippen molar-refractivity contribution >= 4 is 11.8 Å². The molecule has 0 aliphatic carbocycles. The molecule has 2 heterocycles. The standard InChI is InChI=1S/C16H27N3O2/c1-2-3-7-14-8-5-10-19(14)16(21)13-6-4-9-18(11-13)12-15(17)20/h5,8,13-14H,2-4,6-7,9-12H2,1H3,(H2,17,20). The summed E-state index contributed by atoms with van der Waals surface area (Å²) in [6.07, 6.45) is 9.51. The Bertz CT molecular complexity index is 408. The Balaban J connectivity index is 1.91. The Hall–Kier alpha value is -1.36. The van der Waals surface area contributed by atoms with Crippen LogP contribution in [0.1, 0.15) is 39.0 Å². The van der Waals surface area contributed by atoms with Crippen LogP contribution in [0.5, 0.6) is 0 Å². The van der Waals surface area contributed by atoms with E-state index in [0.717, 1.165) is 45.2 Å². The number of nitrogens with zero attached hydrogens (tertiary/aromatic N) is 2. The number of unbranched alkanes of at least 4 members (excludes halogenated alkanes) is 1. The summed E-state index contributed by atoms with van der Waals surface area (Å²) in [6, 6.07) is 0.268. The van der Waals surface area contributed by atoms with Crippen molar-refractivity contribution in [2.75, 3.05) is 26.2 Å². The summed E-state index contributed by atoms with van der Waals surface area (Å²) >= 11 is 0. The molecule has 0 saturated carbocycles. The van der Waals surface area contributed by atoms with Gasteiger partial charge in [0.1, 0.15) is 0 Å². The molecule has 0 aromatic rings. The first-order valence-electron chi connectivity index (χ1n) is 8.09. The smallest absolute Gasteiger partial charge is 0.231 e. The number of hydrogen-bond donors (Lipinski definition) is 1. The van der Waals surface area contributed by atoms with Crippen molar-refractivity contribution in [2.24, 2.45) is 11.7 Å². The lowest BCUT2D eigenvalue weighted by Gasteiger charge is -2.35. The highest BCUT2D eigenvalue weighted by molar-refractivity contribution is 5.80. The molecule has 0 aromatic heterocycles. The minimum Gasteiger partial charge on any atom is -0.369 e. The fourth-order valence-corrected chi connectivity index (χ4v) is 3.35. The van der Waals surface area contributed by atoms with Crippen LogP contribution in [0.3, 0.4) is 0 Å². The number of primary amides is 1.